The SMILES string of the molecule is [C-]#[N+]SC(F)(F)F. The molecule has 0 N–H and O–H groups in total. The monoisotopic (exact) mass is 127 g/mol. The van der Waals surface area contributed by atoms with Crippen LogP contribution in [0.5, 0.6) is 0 Å². The van der Waals surface area contributed by atoms with E-state index in [9.17, 15) is 13.2 Å². The van der Waals surface area contributed by atoms with Gasteiger partial charge in [0.25, 0.3) is 0 Å². The van der Waals surface area contributed by atoms with Crippen molar-refractivity contribution < 1.29 is 13.2 Å². The molecule has 40 valence electrons. The van der Waals surface area contributed by atoms with Gasteiger partial charge in [0.2, 0.25) is 0 Å². The maximum Gasteiger partial charge on any atom is 0.521 e. The first-order valence-corrected chi connectivity index (χ1v) is 1.95. The Morgan fingerprint density at radius 2 is 1.86 bits per heavy atom. The summed E-state index contributed by atoms with van der Waals surface area (Å²) in [5.41, 5.74) is -4.39. The summed E-state index contributed by atoms with van der Waals surface area (Å²) in [4.78, 5) is 0. The van der Waals surface area contributed by atoms with E-state index in [0.29, 0.717) is 0 Å². The van der Waals surface area contributed by atoms with Crippen LogP contribution in [0.3, 0.4) is 0 Å². The highest BCUT2D eigenvalue weighted by Crippen LogP contribution is 2.30. The summed E-state index contributed by atoms with van der Waals surface area (Å²) in [6, 6.07) is 0. The first-order valence-electron chi connectivity index (χ1n) is 1.18. The molecule has 0 unspecified atom stereocenters. The third-order valence-corrected chi connectivity index (χ3v) is 0.447. The Balaban J connectivity index is 3.40. The van der Waals surface area contributed by atoms with E-state index in [-0.39, 0.29) is 0 Å². The lowest BCUT2D eigenvalue weighted by molar-refractivity contribution is -0.0320. The summed E-state index contributed by atoms with van der Waals surface area (Å²) in [5.74, 6) is 0. The Morgan fingerprint density at radius 3 is 1.86 bits per heavy atom. The van der Waals surface area contributed by atoms with Crippen molar-refractivity contribution in [1.82, 2.24) is 0 Å². The molecule has 0 rings (SSSR count). The molecule has 0 radical (unpaired) electrons. The number of halogens is 3. The van der Waals surface area contributed by atoms with Crippen LogP contribution in [0.2, 0.25) is 0 Å². The van der Waals surface area contributed by atoms with Gasteiger partial charge in [0.15, 0.2) is 0 Å². The molecule has 0 aromatic heterocycles. The first-order chi connectivity index (χ1) is 3.06. The second-order valence-electron chi connectivity index (χ2n) is 0.628. The number of alkyl halides is 3. The zero-order valence-corrected chi connectivity index (χ0v) is 3.81. The Kier molecular flexibility index (Phi) is 1.96. The number of hydrogen-bond acceptors (Lipinski definition) is 1. The zero-order valence-electron chi connectivity index (χ0n) is 2.99. The molecule has 0 atom stereocenters. The second-order valence-corrected chi connectivity index (χ2v) is 1.46. The molecule has 1 nitrogen and oxygen atoms in total. The number of rotatable bonds is 0. The molecule has 0 aromatic rings. The summed E-state index contributed by atoms with van der Waals surface area (Å²) >= 11 is -0.720. The molecule has 7 heavy (non-hydrogen) atoms. The van der Waals surface area contributed by atoms with Crippen LogP contribution in [0.4, 0.5) is 13.2 Å². The van der Waals surface area contributed by atoms with Gasteiger partial charge in [-0.2, -0.15) is 13.2 Å². The van der Waals surface area contributed by atoms with Crippen LogP contribution in [0.1, 0.15) is 0 Å². The van der Waals surface area contributed by atoms with Crippen LogP contribution in [0, 0.1) is 6.57 Å². The minimum Gasteiger partial charge on any atom is -0.220 e. The molecule has 0 saturated carbocycles. The molecule has 0 amide bonds. The lowest BCUT2D eigenvalue weighted by atomic mass is 11.6. The smallest absolute Gasteiger partial charge is 0.220 e. The van der Waals surface area contributed by atoms with Gasteiger partial charge >= 0.3 is 17.5 Å². The van der Waals surface area contributed by atoms with E-state index in [2.05, 4.69) is 0 Å². The molecule has 5 heteroatoms. The van der Waals surface area contributed by atoms with Gasteiger partial charge in [-0.15, -0.1) is 0 Å². The van der Waals surface area contributed by atoms with Crippen molar-refractivity contribution in [1.29, 1.82) is 0 Å². The first kappa shape index (κ1) is 6.63. The molecule has 0 heterocycles. The van der Waals surface area contributed by atoms with Crippen LogP contribution in [0.25, 0.3) is 4.25 Å². The second kappa shape index (κ2) is 2.07. The largest absolute Gasteiger partial charge is 0.521 e. The van der Waals surface area contributed by atoms with Gasteiger partial charge in [0.05, 0.1) is 0 Å². The van der Waals surface area contributed by atoms with Crippen molar-refractivity contribution in [3.05, 3.63) is 10.8 Å². The normalized spacial score (nSPS) is 10.6. The van der Waals surface area contributed by atoms with Crippen molar-refractivity contribution in [2.75, 3.05) is 0 Å². The van der Waals surface area contributed by atoms with E-state index in [4.69, 9.17) is 6.57 Å². The summed E-state index contributed by atoms with van der Waals surface area (Å²) < 4.78 is 34.5. The minimum absolute atomic E-state index is 0.720. The van der Waals surface area contributed by atoms with Gasteiger partial charge in [-0.05, 0) is 0 Å². The molecule has 0 spiro atoms. The fraction of sp³-hybridized carbons (Fsp3) is 0.500. The minimum atomic E-state index is -4.39. The van der Waals surface area contributed by atoms with Crippen LogP contribution < -0.4 is 0 Å². The third kappa shape index (κ3) is 5.63. The average molecular weight is 127 g/mol. The standard InChI is InChI=1S/C2F3NS/c1-6-7-2(3,4)5. The average Bonchev–Trinajstić information content (AvgIpc) is 1.30. The van der Waals surface area contributed by atoms with Crippen molar-refractivity contribution in [3.63, 3.8) is 0 Å². The summed E-state index contributed by atoms with van der Waals surface area (Å²) in [7, 11) is 0. The number of hydrogen-bond donors (Lipinski definition) is 0. The van der Waals surface area contributed by atoms with E-state index < -0.39 is 17.5 Å². The molecule has 0 bridgehead atoms. The summed E-state index contributed by atoms with van der Waals surface area (Å²) in [5, 5.41) is 0. The zero-order chi connectivity index (χ0) is 5.91. The lowest BCUT2D eigenvalue weighted by Crippen LogP contribution is -1.95. The van der Waals surface area contributed by atoms with Crippen LogP contribution in [0.15, 0.2) is 0 Å². The van der Waals surface area contributed by atoms with Crippen molar-refractivity contribution in [2.45, 2.75) is 5.51 Å². The van der Waals surface area contributed by atoms with Gasteiger partial charge in [-0.25, -0.2) is 10.8 Å². The van der Waals surface area contributed by atoms with Gasteiger partial charge in [0, 0.05) is 0 Å². The molecular formula is C2F3NS. The van der Waals surface area contributed by atoms with Gasteiger partial charge in [0.1, 0.15) is 0 Å². The topological polar surface area (TPSA) is 4.36 Å². The van der Waals surface area contributed by atoms with Gasteiger partial charge < -0.3 is 0 Å². The molecule has 0 saturated heterocycles. The van der Waals surface area contributed by atoms with Gasteiger partial charge in [-0.3, -0.25) is 0 Å². The van der Waals surface area contributed by atoms with E-state index >= 15 is 0 Å². The molecular weight excluding hydrogens is 127 g/mol. The quantitative estimate of drug-likeness (QED) is 0.356. The Bertz CT molecular complexity index is 90.1. The molecule has 0 aliphatic rings. The Labute approximate surface area is 42.5 Å². The van der Waals surface area contributed by atoms with Crippen LogP contribution in [-0.4, -0.2) is 5.51 Å². The highest BCUT2D eigenvalue weighted by molar-refractivity contribution is 8.02. The maximum absolute atomic E-state index is 10.8. The summed E-state index contributed by atoms with van der Waals surface area (Å²) in [6.07, 6.45) is 0. The molecule has 0 aliphatic heterocycles. The maximum atomic E-state index is 10.8. The van der Waals surface area contributed by atoms with E-state index in [1.165, 1.54) is 0 Å². The highest BCUT2D eigenvalue weighted by Gasteiger charge is 2.36. The Morgan fingerprint density at radius 1 is 1.43 bits per heavy atom. The lowest BCUT2D eigenvalue weighted by Gasteiger charge is -1.87. The van der Waals surface area contributed by atoms with Crippen LogP contribution in [-0.2, 0) is 0 Å². The fourth-order valence-electron chi connectivity index (χ4n) is 0.0518. The van der Waals surface area contributed by atoms with Crippen molar-refractivity contribution in [3.8, 4) is 0 Å². The van der Waals surface area contributed by atoms with Crippen molar-refractivity contribution >= 4 is 11.9 Å². The fourth-order valence-corrected chi connectivity index (χ4v) is 0.155. The summed E-state index contributed by atoms with van der Waals surface area (Å²) in [6.45, 7) is 5.73. The Hall–Kier alpha value is -0.370. The van der Waals surface area contributed by atoms with Crippen LogP contribution >= 0.6 is 11.9 Å². The van der Waals surface area contributed by atoms with E-state index in [1.807, 2.05) is 4.25 Å². The molecule has 0 aromatic carbocycles. The highest BCUT2D eigenvalue weighted by atomic mass is 32.2. The van der Waals surface area contributed by atoms with Gasteiger partial charge in [-0.1, -0.05) is 0 Å². The predicted molar refractivity (Wildman–Crippen MR) is 20.2 cm³/mol. The molecule has 0 aliphatic carbocycles. The van der Waals surface area contributed by atoms with E-state index in [1.54, 1.807) is 0 Å². The van der Waals surface area contributed by atoms with Crippen molar-refractivity contribution in [2.24, 2.45) is 0 Å². The predicted octanol–water partition coefficient (Wildman–Crippen LogP) is 2.07. The third-order valence-electron chi connectivity index (χ3n) is 0.149. The van der Waals surface area contributed by atoms with E-state index in [0.717, 1.165) is 0 Å². The molecule has 0 fully saturated rings. The number of nitrogens with zero attached hydrogens (tertiary/aromatic N) is 1.